The summed E-state index contributed by atoms with van der Waals surface area (Å²) >= 11 is 0. The van der Waals surface area contributed by atoms with Gasteiger partial charge in [0, 0.05) is 6.08 Å². The number of rotatable bonds is 7. The van der Waals surface area contributed by atoms with Crippen molar-refractivity contribution in [1.82, 2.24) is 0 Å². The van der Waals surface area contributed by atoms with E-state index in [1.54, 1.807) is 0 Å². The predicted octanol–water partition coefficient (Wildman–Crippen LogP) is 4.75. The molecule has 3 aliphatic rings. The first-order valence-corrected chi connectivity index (χ1v) is 12.1. The van der Waals surface area contributed by atoms with E-state index in [4.69, 9.17) is 14.2 Å². The second kappa shape index (κ2) is 11.7. The molecule has 3 aliphatic carbocycles. The second-order valence-electron chi connectivity index (χ2n) is 9.78. The van der Waals surface area contributed by atoms with E-state index in [1.165, 1.54) is 6.08 Å². The fourth-order valence-corrected chi connectivity index (χ4v) is 5.11. The summed E-state index contributed by atoms with van der Waals surface area (Å²) in [5.74, 6) is 0.315. The van der Waals surface area contributed by atoms with Crippen LogP contribution in [0.3, 0.4) is 0 Å². The van der Waals surface area contributed by atoms with E-state index in [0.717, 1.165) is 57.3 Å². The third kappa shape index (κ3) is 7.36. The quantitative estimate of drug-likeness (QED) is 0.327. The lowest BCUT2D eigenvalue weighted by atomic mass is 9.81. The van der Waals surface area contributed by atoms with Crippen LogP contribution in [-0.2, 0) is 28.6 Å². The van der Waals surface area contributed by atoms with Crippen LogP contribution < -0.4 is 0 Å². The molecule has 0 unspecified atom stereocenters. The van der Waals surface area contributed by atoms with Gasteiger partial charge in [0.15, 0.2) is 0 Å². The maximum atomic E-state index is 12.6. The molecule has 0 saturated heterocycles. The number of carbonyl (C=O) groups is 3. The molecule has 31 heavy (non-hydrogen) atoms. The molecule has 6 heteroatoms. The molecule has 6 nitrogen and oxygen atoms in total. The smallest absolute Gasteiger partial charge is 0.330 e. The van der Waals surface area contributed by atoms with Gasteiger partial charge < -0.3 is 14.2 Å². The average Bonchev–Trinajstić information content (AvgIpc) is 2.80. The van der Waals surface area contributed by atoms with Gasteiger partial charge in [-0.15, -0.1) is 0 Å². The molecule has 3 fully saturated rings. The van der Waals surface area contributed by atoms with E-state index in [9.17, 15) is 14.4 Å². The highest BCUT2D eigenvalue weighted by molar-refractivity contribution is 5.81. The number of carbonyl (C=O) groups excluding carboxylic acids is 3. The van der Waals surface area contributed by atoms with Gasteiger partial charge in [-0.3, -0.25) is 9.59 Å². The van der Waals surface area contributed by atoms with Gasteiger partial charge in [0.25, 0.3) is 0 Å². The van der Waals surface area contributed by atoms with E-state index in [-0.39, 0.29) is 42.0 Å². The summed E-state index contributed by atoms with van der Waals surface area (Å²) in [5, 5.41) is 0. The monoisotopic (exact) mass is 434 g/mol. The lowest BCUT2D eigenvalue weighted by Gasteiger charge is -2.32. The Morgan fingerprint density at radius 3 is 1.65 bits per heavy atom. The van der Waals surface area contributed by atoms with E-state index in [0.29, 0.717) is 38.2 Å². The zero-order valence-electron chi connectivity index (χ0n) is 18.9. The Morgan fingerprint density at radius 2 is 1.19 bits per heavy atom. The van der Waals surface area contributed by atoms with Crippen molar-refractivity contribution in [2.45, 2.75) is 96.2 Å². The minimum atomic E-state index is -0.388. The Bertz CT molecular complexity index is 620. The summed E-state index contributed by atoms with van der Waals surface area (Å²) in [5.41, 5.74) is 0. The van der Waals surface area contributed by atoms with Crippen molar-refractivity contribution in [2.75, 3.05) is 6.61 Å². The molecule has 0 bridgehead atoms. The maximum Gasteiger partial charge on any atom is 0.330 e. The molecule has 0 atom stereocenters. The standard InChI is InChI=1S/C25H38O6/c1-3-23(26)29-16-18-6-14-22(15-7-18)31-25(28)20-10-8-19(9-11-20)24(27)30-21-12-4-17(2)5-13-21/h3,17-22H,1,4-16H2,2H3. The first kappa shape index (κ1) is 23.8. The van der Waals surface area contributed by atoms with Crippen LogP contribution in [0.25, 0.3) is 0 Å². The largest absolute Gasteiger partial charge is 0.462 e. The van der Waals surface area contributed by atoms with Gasteiger partial charge in [0.05, 0.1) is 18.4 Å². The van der Waals surface area contributed by atoms with Crippen molar-refractivity contribution in [3.63, 3.8) is 0 Å². The van der Waals surface area contributed by atoms with Gasteiger partial charge in [-0.25, -0.2) is 4.79 Å². The number of esters is 3. The second-order valence-corrected chi connectivity index (χ2v) is 9.78. The predicted molar refractivity (Wildman–Crippen MR) is 116 cm³/mol. The molecule has 0 aromatic heterocycles. The highest BCUT2D eigenvalue weighted by Crippen LogP contribution is 2.34. The average molecular weight is 435 g/mol. The molecule has 3 rings (SSSR count). The summed E-state index contributed by atoms with van der Waals surface area (Å²) < 4.78 is 16.7. The topological polar surface area (TPSA) is 78.9 Å². The molecule has 174 valence electrons. The molecule has 0 aliphatic heterocycles. The van der Waals surface area contributed by atoms with Crippen LogP contribution in [0, 0.1) is 23.7 Å². The molecular weight excluding hydrogens is 396 g/mol. The van der Waals surface area contributed by atoms with Crippen LogP contribution in [0.4, 0.5) is 0 Å². The summed E-state index contributed by atoms with van der Waals surface area (Å²) in [6.07, 6.45) is 11.7. The Balaban J connectivity index is 1.32. The zero-order valence-corrected chi connectivity index (χ0v) is 18.9. The van der Waals surface area contributed by atoms with E-state index < -0.39 is 0 Å². The third-order valence-corrected chi connectivity index (χ3v) is 7.34. The molecule has 0 radical (unpaired) electrons. The van der Waals surface area contributed by atoms with E-state index >= 15 is 0 Å². The number of hydrogen-bond acceptors (Lipinski definition) is 6. The summed E-state index contributed by atoms with van der Waals surface area (Å²) in [6, 6.07) is 0. The lowest BCUT2D eigenvalue weighted by molar-refractivity contribution is -0.163. The van der Waals surface area contributed by atoms with Gasteiger partial charge in [0.1, 0.15) is 12.2 Å². The molecule has 0 aromatic carbocycles. The van der Waals surface area contributed by atoms with Crippen molar-refractivity contribution < 1.29 is 28.6 Å². The maximum absolute atomic E-state index is 12.6. The summed E-state index contributed by atoms with van der Waals surface area (Å²) in [4.78, 5) is 36.3. The van der Waals surface area contributed by atoms with Crippen LogP contribution in [0.5, 0.6) is 0 Å². The Hall–Kier alpha value is -1.85. The normalized spacial score (nSPS) is 33.7. The van der Waals surface area contributed by atoms with Gasteiger partial charge in [0.2, 0.25) is 0 Å². The lowest BCUT2D eigenvalue weighted by Crippen LogP contribution is -2.33. The first-order valence-electron chi connectivity index (χ1n) is 12.1. The Morgan fingerprint density at radius 1 is 0.742 bits per heavy atom. The van der Waals surface area contributed by atoms with Crippen molar-refractivity contribution in [3.05, 3.63) is 12.7 Å². The molecule has 0 heterocycles. The van der Waals surface area contributed by atoms with Gasteiger partial charge in [-0.05, 0) is 88.9 Å². The minimum absolute atomic E-state index is 0.0461. The SMILES string of the molecule is C=CC(=O)OCC1CCC(OC(=O)C2CCC(C(=O)OC3CCC(C)CC3)CC2)CC1. The van der Waals surface area contributed by atoms with Gasteiger partial charge in [-0.1, -0.05) is 13.5 Å². The molecular formula is C25H38O6. The van der Waals surface area contributed by atoms with E-state index in [1.807, 2.05) is 0 Å². The summed E-state index contributed by atoms with van der Waals surface area (Å²) in [7, 11) is 0. The third-order valence-electron chi connectivity index (χ3n) is 7.34. The van der Waals surface area contributed by atoms with Crippen LogP contribution in [0.2, 0.25) is 0 Å². The van der Waals surface area contributed by atoms with E-state index in [2.05, 4.69) is 13.5 Å². The zero-order chi connectivity index (χ0) is 22.2. The van der Waals surface area contributed by atoms with Crippen molar-refractivity contribution in [3.8, 4) is 0 Å². The first-order chi connectivity index (χ1) is 14.9. The highest BCUT2D eigenvalue weighted by Gasteiger charge is 2.34. The van der Waals surface area contributed by atoms with Gasteiger partial charge in [-0.2, -0.15) is 0 Å². The molecule has 0 amide bonds. The molecule has 0 N–H and O–H groups in total. The van der Waals surface area contributed by atoms with Crippen LogP contribution in [0.1, 0.15) is 84.0 Å². The fourth-order valence-electron chi connectivity index (χ4n) is 5.11. The Labute approximate surface area is 186 Å². The molecule has 3 saturated carbocycles. The Kier molecular flexibility index (Phi) is 8.97. The fraction of sp³-hybridized carbons (Fsp3) is 0.800. The molecule has 0 spiro atoms. The van der Waals surface area contributed by atoms with Crippen molar-refractivity contribution in [1.29, 1.82) is 0 Å². The number of ether oxygens (including phenoxy) is 3. The van der Waals surface area contributed by atoms with Crippen LogP contribution in [0.15, 0.2) is 12.7 Å². The number of hydrogen-bond donors (Lipinski definition) is 0. The van der Waals surface area contributed by atoms with Crippen molar-refractivity contribution in [2.24, 2.45) is 23.7 Å². The van der Waals surface area contributed by atoms with Gasteiger partial charge >= 0.3 is 17.9 Å². The molecule has 0 aromatic rings. The van der Waals surface area contributed by atoms with Crippen molar-refractivity contribution >= 4 is 17.9 Å². The summed E-state index contributed by atoms with van der Waals surface area (Å²) in [6.45, 7) is 6.06. The van der Waals surface area contributed by atoms with Crippen LogP contribution >= 0.6 is 0 Å². The highest BCUT2D eigenvalue weighted by atomic mass is 16.5. The minimum Gasteiger partial charge on any atom is -0.462 e. The van der Waals surface area contributed by atoms with Crippen LogP contribution in [-0.4, -0.2) is 36.7 Å².